The maximum absolute atomic E-state index is 12.0. The van der Waals surface area contributed by atoms with Gasteiger partial charge in [-0.2, -0.15) is 0 Å². The smallest absolute Gasteiger partial charge is 0.134 e. The van der Waals surface area contributed by atoms with Crippen molar-refractivity contribution in [1.29, 1.82) is 0 Å². The highest BCUT2D eigenvalue weighted by molar-refractivity contribution is 5.88. The lowest BCUT2D eigenvalue weighted by atomic mass is 9.80. The second kappa shape index (κ2) is 7.18. The molecule has 0 aliphatic rings. The molecular weight excluding hydrogens is 330 g/mol. The second-order valence-corrected chi connectivity index (χ2v) is 6.73. The van der Waals surface area contributed by atoms with E-state index in [1.807, 2.05) is 73.7 Å². The van der Waals surface area contributed by atoms with Crippen molar-refractivity contribution in [2.45, 2.75) is 12.5 Å². The van der Waals surface area contributed by atoms with Crippen LogP contribution in [-0.2, 0) is 5.60 Å². The van der Waals surface area contributed by atoms with Crippen LogP contribution in [0.15, 0.2) is 97.3 Å². The molecule has 3 aromatic carbocycles. The second-order valence-electron chi connectivity index (χ2n) is 6.73. The van der Waals surface area contributed by atoms with Crippen LogP contribution >= 0.6 is 0 Å². The average Bonchev–Trinajstić information content (AvgIpc) is 2.73. The van der Waals surface area contributed by atoms with Gasteiger partial charge in [-0.05, 0) is 46.5 Å². The van der Waals surface area contributed by atoms with Crippen molar-refractivity contribution in [1.82, 2.24) is 4.98 Å². The number of hydrogen-bond acceptors (Lipinski definition) is 2. The van der Waals surface area contributed by atoms with Crippen LogP contribution in [0.2, 0.25) is 0 Å². The van der Waals surface area contributed by atoms with E-state index in [0.29, 0.717) is 0 Å². The Balaban J connectivity index is 1.97. The minimum Gasteiger partial charge on any atom is -0.377 e. The first-order valence-electron chi connectivity index (χ1n) is 9.04. The number of aliphatic hydroxyl groups is 1. The van der Waals surface area contributed by atoms with Gasteiger partial charge in [0.1, 0.15) is 5.60 Å². The zero-order chi connectivity index (χ0) is 18.7. The number of fused-ring (bicyclic) bond motifs is 1. The van der Waals surface area contributed by atoms with Crippen LogP contribution in [0.4, 0.5) is 0 Å². The molecule has 27 heavy (non-hydrogen) atoms. The molecule has 0 amide bonds. The van der Waals surface area contributed by atoms with E-state index in [9.17, 15) is 5.11 Å². The van der Waals surface area contributed by atoms with Crippen LogP contribution in [0.3, 0.4) is 0 Å². The lowest BCUT2D eigenvalue weighted by molar-refractivity contribution is 0.136. The molecule has 0 bridgehead atoms. The van der Waals surface area contributed by atoms with E-state index in [-0.39, 0.29) is 0 Å². The third kappa shape index (κ3) is 3.27. The molecular formula is C25H21NO. The molecule has 2 nitrogen and oxygen atoms in total. The topological polar surface area (TPSA) is 33.1 Å². The van der Waals surface area contributed by atoms with E-state index in [0.717, 1.165) is 33.0 Å². The molecule has 1 atom stereocenters. The van der Waals surface area contributed by atoms with Gasteiger partial charge in [-0.25, -0.2) is 0 Å². The molecule has 0 aliphatic heterocycles. The minimum atomic E-state index is -1.25. The number of benzene rings is 3. The van der Waals surface area contributed by atoms with Crippen molar-refractivity contribution >= 4 is 16.8 Å². The molecule has 4 rings (SSSR count). The monoisotopic (exact) mass is 351 g/mol. The van der Waals surface area contributed by atoms with Gasteiger partial charge in [-0.1, -0.05) is 78.9 Å². The van der Waals surface area contributed by atoms with E-state index in [2.05, 4.69) is 29.2 Å². The third-order valence-electron chi connectivity index (χ3n) is 4.93. The molecule has 2 heteroatoms. The highest BCUT2D eigenvalue weighted by Crippen LogP contribution is 2.38. The first kappa shape index (κ1) is 17.2. The van der Waals surface area contributed by atoms with Crippen LogP contribution in [0.25, 0.3) is 16.8 Å². The van der Waals surface area contributed by atoms with Crippen LogP contribution in [0, 0.1) is 6.92 Å². The van der Waals surface area contributed by atoms with Gasteiger partial charge >= 0.3 is 0 Å². The summed E-state index contributed by atoms with van der Waals surface area (Å²) in [6.07, 6.45) is 7.34. The number of pyridine rings is 1. The molecule has 1 unspecified atom stereocenters. The summed E-state index contributed by atoms with van der Waals surface area (Å²) >= 11 is 0. The largest absolute Gasteiger partial charge is 0.377 e. The van der Waals surface area contributed by atoms with E-state index in [4.69, 9.17) is 0 Å². The maximum atomic E-state index is 12.0. The zero-order valence-corrected chi connectivity index (χ0v) is 15.2. The van der Waals surface area contributed by atoms with Gasteiger partial charge in [0, 0.05) is 18.0 Å². The highest BCUT2D eigenvalue weighted by atomic mass is 16.3. The fourth-order valence-electron chi connectivity index (χ4n) is 3.59. The summed E-state index contributed by atoms with van der Waals surface area (Å²) in [6.45, 7) is 2.05. The van der Waals surface area contributed by atoms with Crippen LogP contribution in [0.1, 0.15) is 22.3 Å². The Hall–Kier alpha value is -3.23. The quantitative estimate of drug-likeness (QED) is 0.527. The first-order chi connectivity index (χ1) is 13.2. The molecule has 0 fully saturated rings. The van der Waals surface area contributed by atoms with Gasteiger partial charge in [-0.3, -0.25) is 4.98 Å². The van der Waals surface area contributed by atoms with Gasteiger partial charge < -0.3 is 5.11 Å². The molecule has 0 saturated heterocycles. The van der Waals surface area contributed by atoms with Crippen molar-refractivity contribution < 1.29 is 5.11 Å². The summed E-state index contributed by atoms with van der Waals surface area (Å²) in [7, 11) is 0. The molecule has 132 valence electrons. The van der Waals surface area contributed by atoms with E-state index in [1.165, 1.54) is 0 Å². The molecule has 0 saturated carbocycles. The van der Waals surface area contributed by atoms with Crippen molar-refractivity contribution in [2.24, 2.45) is 0 Å². The SMILES string of the molecule is Cc1ccc2ccccc2c1C(O)(C=Cc1cccnc1)c1ccccc1. The van der Waals surface area contributed by atoms with E-state index in [1.54, 1.807) is 12.4 Å². The third-order valence-corrected chi connectivity index (χ3v) is 4.93. The average molecular weight is 351 g/mol. The molecule has 4 aromatic rings. The minimum absolute atomic E-state index is 0.838. The highest BCUT2D eigenvalue weighted by Gasteiger charge is 2.31. The summed E-state index contributed by atoms with van der Waals surface area (Å²) in [6, 6.07) is 26.0. The molecule has 1 N–H and O–H groups in total. The lowest BCUT2D eigenvalue weighted by Gasteiger charge is -2.29. The Morgan fingerprint density at radius 3 is 2.41 bits per heavy atom. The summed E-state index contributed by atoms with van der Waals surface area (Å²) < 4.78 is 0. The standard InChI is InChI=1S/C25H21NO/c1-19-13-14-21-9-5-6-12-23(21)24(19)25(27,22-10-3-2-4-11-22)16-15-20-8-7-17-26-18-20/h2-18,27H,1H3. The van der Waals surface area contributed by atoms with Crippen molar-refractivity contribution in [2.75, 3.05) is 0 Å². The predicted molar refractivity (Wildman–Crippen MR) is 111 cm³/mol. The summed E-state index contributed by atoms with van der Waals surface area (Å²) in [4.78, 5) is 4.17. The van der Waals surface area contributed by atoms with Crippen molar-refractivity contribution in [3.8, 4) is 0 Å². The Bertz CT molecular complexity index is 1090. The first-order valence-corrected chi connectivity index (χ1v) is 9.04. The zero-order valence-electron chi connectivity index (χ0n) is 15.2. The molecule has 1 aromatic heterocycles. The molecule has 1 heterocycles. The van der Waals surface area contributed by atoms with Gasteiger partial charge in [0.05, 0.1) is 0 Å². The molecule has 0 radical (unpaired) electrons. The normalized spacial score (nSPS) is 13.7. The number of aryl methyl sites for hydroxylation is 1. The maximum Gasteiger partial charge on any atom is 0.134 e. The Kier molecular flexibility index (Phi) is 4.57. The van der Waals surface area contributed by atoms with Gasteiger partial charge in [0.25, 0.3) is 0 Å². The van der Waals surface area contributed by atoms with Crippen molar-refractivity contribution in [3.63, 3.8) is 0 Å². The van der Waals surface area contributed by atoms with E-state index < -0.39 is 5.60 Å². The molecule has 0 aliphatic carbocycles. The predicted octanol–water partition coefficient (Wildman–Crippen LogP) is 5.49. The van der Waals surface area contributed by atoms with Gasteiger partial charge in [0.15, 0.2) is 0 Å². The fourth-order valence-corrected chi connectivity index (χ4v) is 3.59. The summed E-state index contributed by atoms with van der Waals surface area (Å²) in [5, 5.41) is 14.2. The van der Waals surface area contributed by atoms with Crippen LogP contribution < -0.4 is 0 Å². The van der Waals surface area contributed by atoms with Crippen molar-refractivity contribution in [3.05, 3.63) is 120 Å². The molecule has 0 spiro atoms. The van der Waals surface area contributed by atoms with Gasteiger partial charge in [0.2, 0.25) is 0 Å². The Labute approximate surface area is 159 Å². The number of hydrogen-bond donors (Lipinski definition) is 1. The fraction of sp³-hybridized carbons (Fsp3) is 0.0800. The van der Waals surface area contributed by atoms with Crippen LogP contribution in [-0.4, -0.2) is 10.1 Å². The summed E-state index contributed by atoms with van der Waals surface area (Å²) in [5.41, 5.74) is 2.50. The number of rotatable bonds is 4. The number of aromatic nitrogens is 1. The van der Waals surface area contributed by atoms with Gasteiger partial charge in [-0.15, -0.1) is 0 Å². The lowest BCUT2D eigenvalue weighted by Crippen LogP contribution is -2.26. The Morgan fingerprint density at radius 1 is 0.852 bits per heavy atom. The van der Waals surface area contributed by atoms with E-state index >= 15 is 0 Å². The summed E-state index contributed by atoms with van der Waals surface area (Å²) in [5.74, 6) is 0. The number of nitrogens with zero attached hydrogens (tertiary/aromatic N) is 1. The Morgan fingerprint density at radius 2 is 1.63 bits per heavy atom. The van der Waals surface area contributed by atoms with Crippen LogP contribution in [0.5, 0.6) is 0 Å².